The number of hydrogen-bond donors (Lipinski definition) is 0. The van der Waals surface area contributed by atoms with Crippen LogP contribution in [-0.2, 0) is 0 Å². The summed E-state index contributed by atoms with van der Waals surface area (Å²) in [7, 11) is 0. The fourth-order valence-electron chi connectivity index (χ4n) is 2.24. The van der Waals surface area contributed by atoms with Gasteiger partial charge in [-0.2, -0.15) is 5.26 Å². The third kappa shape index (κ3) is 2.67. The van der Waals surface area contributed by atoms with Gasteiger partial charge < -0.3 is 0 Å². The molecule has 5 heteroatoms. The Balaban J connectivity index is 1.89. The van der Waals surface area contributed by atoms with Crippen molar-refractivity contribution in [2.75, 3.05) is 6.54 Å². The van der Waals surface area contributed by atoms with Gasteiger partial charge in [-0.3, -0.25) is 4.99 Å². The highest BCUT2D eigenvalue weighted by molar-refractivity contribution is 9.10. The van der Waals surface area contributed by atoms with Crippen LogP contribution in [0.4, 0.5) is 0 Å². The molecule has 1 aliphatic rings. The highest BCUT2D eigenvalue weighted by atomic mass is 79.9. The van der Waals surface area contributed by atoms with E-state index in [4.69, 9.17) is 0 Å². The number of benzene rings is 1. The predicted octanol–water partition coefficient (Wildman–Crippen LogP) is 4.41. The van der Waals surface area contributed by atoms with E-state index in [9.17, 15) is 5.26 Å². The van der Waals surface area contributed by atoms with Crippen LogP contribution < -0.4 is 0 Å². The first-order valence-corrected chi connectivity index (χ1v) is 8.09. The molecule has 0 aliphatic carbocycles. The first-order chi connectivity index (χ1) is 9.78. The van der Waals surface area contributed by atoms with Crippen molar-refractivity contribution >= 4 is 33.0 Å². The van der Waals surface area contributed by atoms with Crippen LogP contribution in [0.2, 0.25) is 0 Å². The Bertz CT molecular complexity index is 682. The molecular weight excluding hydrogens is 334 g/mol. The Morgan fingerprint density at radius 1 is 1.30 bits per heavy atom. The Hall–Kier alpha value is -1.51. The number of aliphatic imine (C=N–C) groups is 1. The molecule has 0 radical (unpaired) electrons. The molecule has 0 bridgehead atoms. The molecule has 2 aromatic rings. The highest BCUT2D eigenvalue weighted by Crippen LogP contribution is 2.29. The number of halogens is 1. The lowest BCUT2D eigenvalue weighted by atomic mass is 10.0. The van der Waals surface area contributed by atoms with Gasteiger partial charge in [0.25, 0.3) is 0 Å². The molecule has 3 nitrogen and oxygen atoms in total. The van der Waals surface area contributed by atoms with Crippen molar-refractivity contribution in [3.05, 3.63) is 39.1 Å². The van der Waals surface area contributed by atoms with Crippen molar-refractivity contribution in [1.29, 1.82) is 5.26 Å². The number of thiazole rings is 1. The first kappa shape index (κ1) is 13.5. The van der Waals surface area contributed by atoms with Crippen molar-refractivity contribution in [3.63, 3.8) is 0 Å². The van der Waals surface area contributed by atoms with Gasteiger partial charge in [-0.25, -0.2) is 4.98 Å². The molecule has 1 aromatic heterocycles. The minimum Gasteiger partial charge on any atom is -0.292 e. The van der Waals surface area contributed by atoms with Crippen LogP contribution in [0.15, 0.2) is 39.1 Å². The maximum atomic E-state index is 9.39. The third-order valence-electron chi connectivity index (χ3n) is 3.28. The molecule has 0 amide bonds. The molecule has 100 valence electrons. The second kappa shape index (κ2) is 5.86. The van der Waals surface area contributed by atoms with Gasteiger partial charge in [-0.05, 0) is 25.0 Å². The summed E-state index contributed by atoms with van der Waals surface area (Å²) in [4.78, 5) is 9.06. The predicted molar refractivity (Wildman–Crippen MR) is 85.1 cm³/mol. The maximum absolute atomic E-state index is 9.39. The molecule has 0 fully saturated rings. The average molecular weight is 346 g/mol. The number of nitrogens with zero attached hydrogens (tertiary/aromatic N) is 3. The molecule has 1 aliphatic heterocycles. The van der Waals surface area contributed by atoms with Crippen molar-refractivity contribution in [2.45, 2.75) is 18.8 Å². The van der Waals surface area contributed by atoms with E-state index in [0.717, 1.165) is 45.8 Å². The molecule has 2 heterocycles. The van der Waals surface area contributed by atoms with E-state index < -0.39 is 0 Å². The highest BCUT2D eigenvalue weighted by Gasteiger charge is 2.23. The zero-order valence-corrected chi connectivity index (χ0v) is 13.1. The van der Waals surface area contributed by atoms with Crippen LogP contribution in [0.5, 0.6) is 0 Å². The largest absolute Gasteiger partial charge is 0.292 e. The van der Waals surface area contributed by atoms with Crippen LogP contribution in [0, 0.1) is 11.3 Å². The molecule has 3 rings (SSSR count). The zero-order valence-electron chi connectivity index (χ0n) is 10.7. The van der Waals surface area contributed by atoms with Crippen LogP contribution in [-0.4, -0.2) is 17.2 Å². The average Bonchev–Trinajstić information content (AvgIpc) is 3.12. The smallest absolute Gasteiger partial charge is 0.136 e. The molecule has 0 spiro atoms. The van der Waals surface area contributed by atoms with Gasteiger partial charge >= 0.3 is 0 Å². The second-order valence-electron chi connectivity index (χ2n) is 4.62. The summed E-state index contributed by atoms with van der Waals surface area (Å²) in [6.45, 7) is 0.846. The van der Waals surface area contributed by atoms with Gasteiger partial charge in [0.1, 0.15) is 10.9 Å². The molecule has 0 saturated heterocycles. The Labute approximate surface area is 130 Å². The van der Waals surface area contributed by atoms with Gasteiger partial charge in [0.05, 0.1) is 11.8 Å². The molecule has 20 heavy (non-hydrogen) atoms. The second-order valence-corrected chi connectivity index (χ2v) is 6.42. The van der Waals surface area contributed by atoms with Crippen molar-refractivity contribution < 1.29 is 0 Å². The van der Waals surface area contributed by atoms with E-state index in [1.165, 1.54) is 0 Å². The van der Waals surface area contributed by atoms with Gasteiger partial charge in [0, 0.05) is 27.7 Å². The molecule has 0 N–H and O–H groups in total. The van der Waals surface area contributed by atoms with Crippen molar-refractivity contribution in [1.82, 2.24) is 4.98 Å². The Morgan fingerprint density at radius 2 is 2.10 bits per heavy atom. The minimum atomic E-state index is -0.272. The fraction of sp³-hybridized carbons (Fsp3) is 0.267. The maximum Gasteiger partial charge on any atom is 0.136 e. The topological polar surface area (TPSA) is 49.0 Å². The minimum absolute atomic E-state index is 0.272. The number of nitriles is 1. The number of hydrogen-bond acceptors (Lipinski definition) is 4. The van der Waals surface area contributed by atoms with E-state index in [1.807, 2.05) is 29.6 Å². The SMILES string of the molecule is N#C[C@H](C1=NCCC1)c1nc(-c2ccc(Br)cc2)cs1. The van der Waals surface area contributed by atoms with Crippen molar-refractivity contribution in [3.8, 4) is 17.3 Å². The lowest BCUT2D eigenvalue weighted by Crippen LogP contribution is -2.07. The monoisotopic (exact) mass is 345 g/mol. The van der Waals surface area contributed by atoms with Gasteiger partial charge in [0.15, 0.2) is 0 Å². The summed E-state index contributed by atoms with van der Waals surface area (Å²) >= 11 is 4.97. The van der Waals surface area contributed by atoms with E-state index in [-0.39, 0.29) is 5.92 Å². The summed E-state index contributed by atoms with van der Waals surface area (Å²) in [6.07, 6.45) is 1.98. The molecule has 0 unspecified atom stereocenters. The quantitative estimate of drug-likeness (QED) is 0.826. The summed E-state index contributed by atoms with van der Waals surface area (Å²) in [5, 5.41) is 12.3. The number of aromatic nitrogens is 1. The van der Waals surface area contributed by atoms with E-state index in [2.05, 4.69) is 32.0 Å². The molecule has 1 atom stereocenters. The summed E-state index contributed by atoms with van der Waals surface area (Å²) in [5.41, 5.74) is 2.99. The van der Waals surface area contributed by atoms with E-state index >= 15 is 0 Å². The number of rotatable bonds is 3. The Morgan fingerprint density at radius 3 is 2.75 bits per heavy atom. The van der Waals surface area contributed by atoms with Crippen molar-refractivity contribution in [2.24, 2.45) is 4.99 Å². The summed E-state index contributed by atoms with van der Waals surface area (Å²) in [5.74, 6) is -0.272. The fourth-order valence-corrected chi connectivity index (χ4v) is 3.40. The molecule has 0 saturated carbocycles. The normalized spacial score (nSPS) is 15.7. The van der Waals surface area contributed by atoms with E-state index in [1.54, 1.807) is 11.3 Å². The lowest BCUT2D eigenvalue weighted by Gasteiger charge is -2.04. The van der Waals surface area contributed by atoms with Crippen LogP contribution in [0.1, 0.15) is 23.8 Å². The third-order valence-corrected chi connectivity index (χ3v) is 4.72. The van der Waals surface area contributed by atoms with Gasteiger partial charge in [-0.15, -0.1) is 11.3 Å². The van der Waals surface area contributed by atoms with Gasteiger partial charge in [-0.1, -0.05) is 28.1 Å². The van der Waals surface area contributed by atoms with E-state index in [0.29, 0.717) is 0 Å². The summed E-state index contributed by atoms with van der Waals surface area (Å²) < 4.78 is 1.05. The van der Waals surface area contributed by atoms with Gasteiger partial charge in [0.2, 0.25) is 0 Å². The van der Waals surface area contributed by atoms with Crippen LogP contribution >= 0.6 is 27.3 Å². The first-order valence-electron chi connectivity index (χ1n) is 6.42. The summed E-state index contributed by atoms with van der Waals surface area (Å²) in [6, 6.07) is 10.4. The molecule has 1 aromatic carbocycles. The Kier molecular flexibility index (Phi) is 3.95. The zero-order chi connectivity index (χ0) is 13.9. The standard InChI is InChI=1S/C15H12BrN3S/c16-11-5-3-10(4-6-11)14-9-20-15(19-14)12(8-17)13-2-1-7-18-13/h3-6,9,12H,1-2,7H2/t12-/m1/s1. The lowest BCUT2D eigenvalue weighted by molar-refractivity contribution is 0.945. The molecular formula is C15H12BrN3S. The van der Waals surface area contributed by atoms with Crippen LogP contribution in [0.25, 0.3) is 11.3 Å². The van der Waals surface area contributed by atoms with Crippen LogP contribution in [0.3, 0.4) is 0 Å².